The van der Waals surface area contributed by atoms with E-state index in [1.54, 1.807) is 0 Å². The summed E-state index contributed by atoms with van der Waals surface area (Å²) in [6, 6.07) is 4.51. The molecule has 1 saturated heterocycles. The number of rotatable bonds is 4. The highest BCUT2D eigenvalue weighted by Gasteiger charge is 2.34. The number of fused-ring (bicyclic) bond motifs is 1. The van der Waals surface area contributed by atoms with Gasteiger partial charge in [-0.1, -0.05) is 0 Å². The van der Waals surface area contributed by atoms with E-state index in [9.17, 15) is 4.39 Å². The van der Waals surface area contributed by atoms with Gasteiger partial charge in [-0.25, -0.2) is 9.37 Å². The van der Waals surface area contributed by atoms with Crippen molar-refractivity contribution >= 4 is 11.0 Å². The Balaban J connectivity index is 1.67. The lowest BCUT2D eigenvalue weighted by molar-refractivity contribution is 0.00814. The number of likely N-dealkylation sites (tertiary alicyclic amines) is 1. The number of alkyl halides is 1. The van der Waals surface area contributed by atoms with Gasteiger partial charge in [0.05, 0.1) is 11.0 Å². The molecule has 1 aromatic carbocycles. The molecular formula is C17H24FN3O. The second-order valence-electron chi connectivity index (χ2n) is 6.55. The van der Waals surface area contributed by atoms with Crippen LogP contribution in [0, 0.1) is 13.8 Å². The zero-order valence-corrected chi connectivity index (χ0v) is 13.7. The second kappa shape index (κ2) is 5.97. The monoisotopic (exact) mass is 305 g/mol. The molecule has 1 N–H and O–H groups in total. The van der Waals surface area contributed by atoms with Gasteiger partial charge in [0.15, 0.2) is 0 Å². The highest BCUT2D eigenvalue weighted by Crippen LogP contribution is 2.21. The Kier molecular flexibility index (Phi) is 4.19. The normalized spacial score (nSPS) is 23.0. The summed E-state index contributed by atoms with van der Waals surface area (Å²) in [5.74, 6) is 0.759. The molecule has 2 aromatic rings. The Morgan fingerprint density at radius 2 is 2.05 bits per heavy atom. The van der Waals surface area contributed by atoms with Crippen molar-refractivity contribution in [2.45, 2.75) is 52.6 Å². The maximum absolute atomic E-state index is 14.0. The Morgan fingerprint density at radius 1 is 1.32 bits per heavy atom. The van der Waals surface area contributed by atoms with Crippen LogP contribution in [0.15, 0.2) is 12.1 Å². The molecule has 2 heterocycles. The first-order valence-corrected chi connectivity index (χ1v) is 7.89. The third-order valence-electron chi connectivity index (χ3n) is 4.54. The van der Waals surface area contributed by atoms with Gasteiger partial charge in [-0.3, -0.25) is 4.90 Å². The number of aromatic amines is 1. The first-order valence-electron chi connectivity index (χ1n) is 7.89. The van der Waals surface area contributed by atoms with Crippen molar-refractivity contribution in [1.29, 1.82) is 0 Å². The van der Waals surface area contributed by atoms with Gasteiger partial charge in [0.2, 0.25) is 0 Å². The van der Waals surface area contributed by atoms with E-state index in [-0.39, 0.29) is 6.10 Å². The molecule has 0 spiro atoms. The molecule has 0 bridgehead atoms. The molecule has 22 heavy (non-hydrogen) atoms. The maximum Gasteiger partial charge on any atom is 0.140 e. The van der Waals surface area contributed by atoms with Gasteiger partial charge in [0.1, 0.15) is 24.7 Å². The van der Waals surface area contributed by atoms with Crippen LogP contribution < -0.4 is 0 Å². The first kappa shape index (κ1) is 15.4. The molecule has 0 radical (unpaired) electrons. The number of ether oxygens (including phenoxy) is 1. The highest BCUT2D eigenvalue weighted by atomic mass is 19.1. The number of H-pyrrole nitrogens is 1. The number of halogens is 1. The fraction of sp³-hybridized carbons (Fsp3) is 0.588. The van der Waals surface area contributed by atoms with E-state index in [0.29, 0.717) is 25.7 Å². The van der Waals surface area contributed by atoms with Crippen LogP contribution in [-0.2, 0) is 11.3 Å². The minimum atomic E-state index is -0.920. The van der Waals surface area contributed by atoms with Crippen LogP contribution in [0.4, 0.5) is 4.39 Å². The lowest BCUT2D eigenvalue weighted by Gasteiger charge is -2.19. The van der Waals surface area contributed by atoms with Crippen molar-refractivity contribution in [2.75, 3.05) is 13.1 Å². The standard InChI is InChI=1S/C17H24FN3O/c1-10(2)21-7-13(18)16(8-21)22-9-17-19-14-5-11(3)12(4)6-15(14)20-17/h5-6,10,13,16H,7-9H2,1-4H3,(H,19,20). The number of hydrogen-bond donors (Lipinski definition) is 1. The number of nitrogens with one attached hydrogen (secondary N) is 1. The van der Waals surface area contributed by atoms with Crippen molar-refractivity contribution in [1.82, 2.24) is 14.9 Å². The average molecular weight is 305 g/mol. The van der Waals surface area contributed by atoms with Crippen LogP contribution in [-0.4, -0.2) is 46.3 Å². The molecule has 2 unspecified atom stereocenters. The van der Waals surface area contributed by atoms with Crippen LogP contribution in [0.5, 0.6) is 0 Å². The summed E-state index contributed by atoms with van der Waals surface area (Å²) in [5, 5.41) is 0. The van der Waals surface area contributed by atoms with Crippen molar-refractivity contribution in [3.63, 3.8) is 0 Å². The van der Waals surface area contributed by atoms with Gasteiger partial charge in [-0.05, 0) is 51.0 Å². The molecule has 4 nitrogen and oxygen atoms in total. The summed E-state index contributed by atoms with van der Waals surface area (Å²) >= 11 is 0. The molecule has 3 rings (SSSR count). The van der Waals surface area contributed by atoms with Crippen molar-refractivity contribution in [2.24, 2.45) is 0 Å². The van der Waals surface area contributed by atoms with E-state index in [0.717, 1.165) is 16.9 Å². The van der Waals surface area contributed by atoms with Gasteiger partial charge in [0.25, 0.3) is 0 Å². The third kappa shape index (κ3) is 3.01. The molecule has 1 aliphatic heterocycles. The maximum atomic E-state index is 14.0. The average Bonchev–Trinajstić information content (AvgIpc) is 3.00. The third-order valence-corrected chi connectivity index (χ3v) is 4.54. The Morgan fingerprint density at radius 3 is 2.73 bits per heavy atom. The van der Waals surface area contributed by atoms with Crippen LogP contribution in [0.3, 0.4) is 0 Å². The fourth-order valence-corrected chi connectivity index (χ4v) is 2.92. The predicted octanol–water partition coefficient (Wildman–Crippen LogP) is 3.13. The molecule has 0 amide bonds. The summed E-state index contributed by atoms with van der Waals surface area (Å²) in [6.07, 6.45) is -1.28. The summed E-state index contributed by atoms with van der Waals surface area (Å²) in [5.41, 5.74) is 4.40. The van der Waals surface area contributed by atoms with Crippen LogP contribution in [0.25, 0.3) is 11.0 Å². The molecule has 0 aliphatic carbocycles. The molecule has 2 atom stereocenters. The first-order chi connectivity index (χ1) is 10.4. The molecule has 0 saturated carbocycles. The van der Waals surface area contributed by atoms with Crippen molar-refractivity contribution in [3.05, 3.63) is 29.1 Å². The van der Waals surface area contributed by atoms with Gasteiger partial charge in [-0.15, -0.1) is 0 Å². The predicted molar refractivity (Wildman–Crippen MR) is 85.7 cm³/mol. The summed E-state index contributed by atoms with van der Waals surface area (Å²) < 4.78 is 19.8. The lowest BCUT2D eigenvalue weighted by Crippen LogP contribution is -2.29. The van der Waals surface area contributed by atoms with E-state index in [1.807, 2.05) is 0 Å². The Hall–Kier alpha value is -1.46. The Labute approximate surface area is 130 Å². The van der Waals surface area contributed by atoms with E-state index in [4.69, 9.17) is 4.74 Å². The van der Waals surface area contributed by atoms with Gasteiger partial charge in [0, 0.05) is 19.1 Å². The molecule has 5 heteroatoms. The number of hydrogen-bond acceptors (Lipinski definition) is 3. The van der Waals surface area contributed by atoms with Crippen LogP contribution in [0.1, 0.15) is 30.8 Å². The second-order valence-corrected chi connectivity index (χ2v) is 6.55. The van der Waals surface area contributed by atoms with E-state index < -0.39 is 6.17 Å². The highest BCUT2D eigenvalue weighted by molar-refractivity contribution is 5.77. The fourth-order valence-electron chi connectivity index (χ4n) is 2.92. The molecule has 1 aliphatic rings. The number of nitrogens with zero attached hydrogens (tertiary/aromatic N) is 2. The SMILES string of the molecule is Cc1cc2nc(COC3CN(C(C)C)CC3F)[nH]c2cc1C. The van der Waals surface area contributed by atoms with E-state index >= 15 is 0 Å². The van der Waals surface area contributed by atoms with Crippen molar-refractivity contribution in [3.8, 4) is 0 Å². The zero-order valence-electron chi connectivity index (χ0n) is 13.7. The Bertz CT molecular complexity index is 628. The summed E-state index contributed by atoms with van der Waals surface area (Å²) in [6.45, 7) is 9.75. The van der Waals surface area contributed by atoms with Gasteiger partial charge < -0.3 is 9.72 Å². The number of imidazole rings is 1. The van der Waals surface area contributed by atoms with Crippen LogP contribution in [0.2, 0.25) is 0 Å². The zero-order chi connectivity index (χ0) is 15.9. The summed E-state index contributed by atoms with van der Waals surface area (Å²) in [7, 11) is 0. The largest absolute Gasteiger partial charge is 0.366 e. The van der Waals surface area contributed by atoms with Crippen LogP contribution >= 0.6 is 0 Å². The summed E-state index contributed by atoms with van der Waals surface area (Å²) in [4.78, 5) is 9.91. The number of aryl methyl sites for hydroxylation is 2. The molecular weight excluding hydrogens is 281 g/mol. The molecule has 1 fully saturated rings. The van der Waals surface area contributed by atoms with Gasteiger partial charge >= 0.3 is 0 Å². The minimum absolute atomic E-state index is 0.323. The van der Waals surface area contributed by atoms with Crippen molar-refractivity contribution < 1.29 is 9.13 Å². The topological polar surface area (TPSA) is 41.1 Å². The van der Waals surface area contributed by atoms with E-state index in [2.05, 4.69) is 54.7 Å². The quantitative estimate of drug-likeness (QED) is 0.943. The number of benzene rings is 1. The molecule has 1 aromatic heterocycles. The van der Waals surface area contributed by atoms with Gasteiger partial charge in [-0.2, -0.15) is 0 Å². The number of aromatic nitrogens is 2. The minimum Gasteiger partial charge on any atom is -0.366 e. The molecule has 120 valence electrons. The smallest absolute Gasteiger partial charge is 0.140 e. The lowest BCUT2D eigenvalue weighted by atomic mass is 10.1. The van der Waals surface area contributed by atoms with E-state index in [1.165, 1.54) is 11.1 Å².